The number of hydrogen-bond acceptors (Lipinski definition) is 5. The molecule has 24 heavy (non-hydrogen) atoms. The van der Waals surface area contributed by atoms with Gasteiger partial charge in [0, 0.05) is 10.6 Å². The Morgan fingerprint density at radius 3 is 2.58 bits per heavy atom. The second kappa shape index (κ2) is 7.76. The second-order valence-corrected chi connectivity index (χ2v) is 5.20. The first-order chi connectivity index (χ1) is 11.1. The lowest BCUT2D eigenvalue weighted by Crippen LogP contribution is -2.12. The smallest absolute Gasteiger partial charge is 0.145 e. The number of nitrogens with one attached hydrogen (secondary N) is 1. The Morgan fingerprint density at radius 2 is 1.96 bits per heavy atom. The monoisotopic (exact) mass is 364 g/mol. The molecule has 2 aromatic carbocycles. The summed E-state index contributed by atoms with van der Waals surface area (Å²) in [6, 6.07) is 12.6. The molecule has 0 unspecified atom stereocenters. The number of benzene rings is 2. The van der Waals surface area contributed by atoms with Crippen molar-refractivity contribution in [2.24, 2.45) is 5.73 Å². The van der Waals surface area contributed by atoms with E-state index in [1.165, 1.54) is 11.0 Å². The van der Waals surface area contributed by atoms with Crippen LogP contribution >= 0.6 is 24.0 Å². The van der Waals surface area contributed by atoms with Crippen LogP contribution in [0.15, 0.2) is 48.8 Å². The maximum absolute atomic E-state index is 7.55. The van der Waals surface area contributed by atoms with E-state index >= 15 is 0 Å². The Morgan fingerprint density at radius 1 is 1.21 bits per heavy atom. The average Bonchev–Trinajstić information content (AvgIpc) is 3.08. The SMILES string of the molecule is Cl.N=C(N)c1ccc(OCc2ccc(Cl)cc2)c(-n2cnnn2)c1. The molecular weight excluding hydrogens is 351 g/mol. The minimum Gasteiger partial charge on any atom is -0.487 e. The Labute approximate surface area is 149 Å². The molecule has 0 aliphatic rings. The molecule has 0 fully saturated rings. The number of tetrazole rings is 1. The first-order valence-corrected chi connectivity index (χ1v) is 7.10. The maximum atomic E-state index is 7.55. The van der Waals surface area contributed by atoms with Gasteiger partial charge in [-0.1, -0.05) is 23.7 Å². The third-order valence-electron chi connectivity index (χ3n) is 3.17. The number of nitrogen functional groups attached to an aromatic ring is 1. The highest BCUT2D eigenvalue weighted by atomic mass is 35.5. The number of aromatic nitrogens is 4. The zero-order valence-electron chi connectivity index (χ0n) is 12.4. The first-order valence-electron chi connectivity index (χ1n) is 6.72. The van der Waals surface area contributed by atoms with Crippen LogP contribution in [0, 0.1) is 5.41 Å². The maximum Gasteiger partial charge on any atom is 0.145 e. The highest BCUT2D eigenvalue weighted by Gasteiger charge is 2.10. The molecule has 0 aliphatic heterocycles. The highest BCUT2D eigenvalue weighted by Crippen LogP contribution is 2.24. The normalized spacial score (nSPS) is 10.0. The zero-order valence-corrected chi connectivity index (χ0v) is 14.0. The van der Waals surface area contributed by atoms with Gasteiger partial charge in [-0.05, 0) is 46.3 Å². The summed E-state index contributed by atoms with van der Waals surface area (Å²) in [6.07, 6.45) is 1.45. The molecule has 0 saturated heterocycles. The molecule has 124 valence electrons. The summed E-state index contributed by atoms with van der Waals surface area (Å²) in [5.41, 5.74) is 7.69. The number of hydrogen-bond donors (Lipinski definition) is 2. The van der Waals surface area contributed by atoms with E-state index in [9.17, 15) is 0 Å². The lowest BCUT2D eigenvalue weighted by atomic mass is 10.1. The van der Waals surface area contributed by atoms with Crippen LogP contribution in [0.25, 0.3) is 5.69 Å². The van der Waals surface area contributed by atoms with Crippen molar-refractivity contribution in [1.82, 2.24) is 20.2 Å². The van der Waals surface area contributed by atoms with E-state index in [2.05, 4.69) is 15.5 Å². The van der Waals surface area contributed by atoms with E-state index in [0.717, 1.165) is 5.56 Å². The molecule has 0 saturated carbocycles. The molecule has 1 heterocycles. The molecule has 3 rings (SSSR count). The largest absolute Gasteiger partial charge is 0.487 e. The Hall–Kier alpha value is -2.64. The van der Waals surface area contributed by atoms with Crippen LogP contribution in [-0.4, -0.2) is 26.0 Å². The van der Waals surface area contributed by atoms with Crippen molar-refractivity contribution >= 4 is 29.8 Å². The van der Waals surface area contributed by atoms with Crippen molar-refractivity contribution in [1.29, 1.82) is 5.41 Å². The van der Waals surface area contributed by atoms with Crippen molar-refractivity contribution in [3.8, 4) is 11.4 Å². The van der Waals surface area contributed by atoms with E-state index in [1.807, 2.05) is 12.1 Å². The van der Waals surface area contributed by atoms with Crippen molar-refractivity contribution in [3.05, 3.63) is 64.9 Å². The van der Waals surface area contributed by atoms with Gasteiger partial charge in [-0.25, -0.2) is 0 Å². The van der Waals surface area contributed by atoms with Gasteiger partial charge in [0.05, 0.1) is 0 Å². The van der Waals surface area contributed by atoms with E-state index < -0.39 is 0 Å². The molecule has 7 nitrogen and oxygen atoms in total. The molecule has 0 bridgehead atoms. The quantitative estimate of drug-likeness (QED) is 0.534. The molecule has 0 atom stereocenters. The first kappa shape index (κ1) is 17.7. The third-order valence-corrected chi connectivity index (χ3v) is 3.43. The number of nitrogens with two attached hydrogens (primary N) is 1. The van der Waals surface area contributed by atoms with Gasteiger partial charge in [0.25, 0.3) is 0 Å². The molecule has 0 aliphatic carbocycles. The number of rotatable bonds is 5. The summed E-state index contributed by atoms with van der Waals surface area (Å²) in [5.74, 6) is 0.542. The Kier molecular flexibility index (Phi) is 5.73. The van der Waals surface area contributed by atoms with Gasteiger partial charge in [0.2, 0.25) is 0 Å². The number of ether oxygens (including phenoxy) is 1. The van der Waals surface area contributed by atoms with Gasteiger partial charge in [-0.15, -0.1) is 17.5 Å². The summed E-state index contributed by atoms with van der Waals surface area (Å²) in [7, 11) is 0. The molecule has 3 aromatic rings. The summed E-state index contributed by atoms with van der Waals surface area (Å²) >= 11 is 5.87. The highest BCUT2D eigenvalue weighted by molar-refractivity contribution is 6.30. The van der Waals surface area contributed by atoms with Crippen LogP contribution in [0.2, 0.25) is 5.02 Å². The van der Waals surface area contributed by atoms with E-state index in [1.54, 1.807) is 30.3 Å². The third kappa shape index (κ3) is 4.01. The van der Waals surface area contributed by atoms with Crippen LogP contribution in [0.3, 0.4) is 0 Å². The van der Waals surface area contributed by atoms with Crippen molar-refractivity contribution in [2.45, 2.75) is 6.61 Å². The van der Waals surface area contributed by atoms with Crippen molar-refractivity contribution in [3.63, 3.8) is 0 Å². The van der Waals surface area contributed by atoms with Gasteiger partial charge < -0.3 is 10.5 Å². The average molecular weight is 365 g/mol. The lowest BCUT2D eigenvalue weighted by Gasteiger charge is -2.12. The topological polar surface area (TPSA) is 103 Å². The van der Waals surface area contributed by atoms with Crippen molar-refractivity contribution in [2.75, 3.05) is 0 Å². The van der Waals surface area contributed by atoms with Gasteiger partial charge >= 0.3 is 0 Å². The predicted molar refractivity (Wildman–Crippen MR) is 93.2 cm³/mol. The van der Waals surface area contributed by atoms with Crippen LogP contribution in [0.4, 0.5) is 0 Å². The van der Waals surface area contributed by atoms with Gasteiger partial charge in [-0.3, -0.25) is 5.41 Å². The molecule has 3 N–H and O–H groups in total. The minimum absolute atomic E-state index is 0. The van der Waals surface area contributed by atoms with Crippen LogP contribution in [-0.2, 0) is 6.61 Å². The number of nitrogens with zero attached hydrogens (tertiary/aromatic N) is 4. The summed E-state index contributed by atoms with van der Waals surface area (Å²) in [4.78, 5) is 0. The standard InChI is InChI=1S/C15H13ClN6O.ClH/c16-12-4-1-10(2-5-12)8-23-14-6-3-11(15(17)18)7-13(14)22-9-19-20-21-22;/h1-7,9H,8H2,(H3,17,18);1H. The molecule has 1 aromatic heterocycles. The van der Waals surface area contributed by atoms with Gasteiger partial charge in [-0.2, -0.15) is 4.68 Å². The lowest BCUT2D eigenvalue weighted by molar-refractivity contribution is 0.304. The van der Waals surface area contributed by atoms with E-state index in [4.69, 9.17) is 27.5 Å². The molecule has 0 radical (unpaired) electrons. The zero-order chi connectivity index (χ0) is 16.2. The number of halogens is 2. The van der Waals surface area contributed by atoms with Crippen LogP contribution in [0.1, 0.15) is 11.1 Å². The minimum atomic E-state index is -0.0384. The molecule has 9 heteroatoms. The van der Waals surface area contributed by atoms with Gasteiger partial charge in [0.1, 0.15) is 30.2 Å². The van der Waals surface area contributed by atoms with Crippen molar-refractivity contribution < 1.29 is 4.74 Å². The Bertz CT molecular complexity index is 820. The van der Waals surface area contributed by atoms with Crippen LogP contribution < -0.4 is 10.5 Å². The second-order valence-electron chi connectivity index (χ2n) is 4.77. The van der Waals surface area contributed by atoms with Gasteiger partial charge in [0.15, 0.2) is 0 Å². The fourth-order valence-electron chi connectivity index (χ4n) is 2.00. The fraction of sp³-hybridized carbons (Fsp3) is 0.0667. The predicted octanol–water partition coefficient (Wildman–Crippen LogP) is 2.60. The molecular formula is C15H14Cl2N6O. The molecule has 0 amide bonds. The van der Waals surface area contributed by atoms with Crippen LogP contribution in [0.5, 0.6) is 5.75 Å². The fourth-order valence-corrected chi connectivity index (χ4v) is 2.13. The van der Waals surface area contributed by atoms with E-state index in [-0.39, 0.29) is 18.2 Å². The summed E-state index contributed by atoms with van der Waals surface area (Å²) in [5, 5.41) is 19.3. The molecule has 0 spiro atoms. The summed E-state index contributed by atoms with van der Waals surface area (Å²) in [6.45, 7) is 0.367. The van der Waals surface area contributed by atoms with E-state index in [0.29, 0.717) is 28.6 Å². The Balaban J connectivity index is 0.00000208. The number of amidine groups is 1. The summed E-state index contributed by atoms with van der Waals surface area (Å²) < 4.78 is 7.31.